The first-order valence-electron chi connectivity index (χ1n) is 7.52. The van der Waals surface area contributed by atoms with Crippen LogP contribution in [0.15, 0.2) is 28.7 Å². The molecule has 1 unspecified atom stereocenters. The third-order valence-electron chi connectivity index (χ3n) is 3.79. The molecular formula is C17H19BrN2O3. The Balaban J connectivity index is 1.75. The number of hydrogen-bond donors (Lipinski definition) is 2. The van der Waals surface area contributed by atoms with Crippen molar-refractivity contribution in [3.05, 3.63) is 45.7 Å². The lowest BCUT2D eigenvalue weighted by atomic mass is 10.1. The fourth-order valence-corrected chi connectivity index (χ4v) is 3.17. The molecule has 0 bridgehead atoms. The van der Waals surface area contributed by atoms with Gasteiger partial charge in [0.1, 0.15) is 19.0 Å². The summed E-state index contributed by atoms with van der Waals surface area (Å²) in [6.45, 7) is 5.59. The molecule has 5 nitrogen and oxygen atoms in total. The SMILES string of the molecule is Cc1ccc(O)c(CNC(C)c2cc3c(cc2Br)OCCO3)n1. The molecule has 1 atom stereocenters. The van der Waals surface area contributed by atoms with Crippen LogP contribution in [0.1, 0.15) is 29.9 Å². The Hall–Kier alpha value is -1.79. The quantitative estimate of drug-likeness (QED) is 0.852. The fraction of sp³-hybridized carbons (Fsp3) is 0.353. The van der Waals surface area contributed by atoms with Crippen molar-refractivity contribution in [1.29, 1.82) is 0 Å². The molecule has 0 radical (unpaired) electrons. The Morgan fingerprint density at radius 3 is 2.70 bits per heavy atom. The number of pyridine rings is 1. The Labute approximate surface area is 143 Å². The van der Waals surface area contributed by atoms with Gasteiger partial charge in [0.15, 0.2) is 11.5 Å². The molecule has 0 saturated carbocycles. The van der Waals surface area contributed by atoms with Gasteiger partial charge in [0.05, 0.1) is 5.69 Å². The van der Waals surface area contributed by atoms with E-state index >= 15 is 0 Å². The molecule has 0 amide bonds. The van der Waals surface area contributed by atoms with Crippen molar-refractivity contribution in [2.75, 3.05) is 13.2 Å². The van der Waals surface area contributed by atoms with Gasteiger partial charge >= 0.3 is 0 Å². The molecule has 1 aliphatic rings. The zero-order valence-corrected chi connectivity index (χ0v) is 14.7. The molecule has 2 aromatic rings. The Morgan fingerprint density at radius 2 is 1.96 bits per heavy atom. The zero-order chi connectivity index (χ0) is 16.4. The van der Waals surface area contributed by atoms with Crippen LogP contribution in [0.2, 0.25) is 0 Å². The lowest BCUT2D eigenvalue weighted by Gasteiger charge is -2.22. The van der Waals surface area contributed by atoms with Crippen molar-refractivity contribution in [2.24, 2.45) is 0 Å². The minimum absolute atomic E-state index is 0.0573. The van der Waals surface area contributed by atoms with Crippen LogP contribution in [-0.2, 0) is 6.54 Å². The minimum atomic E-state index is 0.0573. The van der Waals surface area contributed by atoms with Crippen LogP contribution in [0.4, 0.5) is 0 Å². The third-order valence-corrected chi connectivity index (χ3v) is 4.48. The van der Waals surface area contributed by atoms with Crippen molar-refractivity contribution in [1.82, 2.24) is 10.3 Å². The number of ether oxygens (including phenoxy) is 2. The molecule has 1 aromatic carbocycles. The summed E-state index contributed by atoms with van der Waals surface area (Å²) in [5, 5.41) is 13.3. The van der Waals surface area contributed by atoms with Gasteiger partial charge in [0, 0.05) is 22.8 Å². The van der Waals surface area contributed by atoms with Gasteiger partial charge in [-0.3, -0.25) is 4.98 Å². The fourth-order valence-electron chi connectivity index (χ4n) is 2.50. The predicted octanol–water partition coefficient (Wildman–Crippen LogP) is 3.48. The molecule has 2 N–H and O–H groups in total. The van der Waals surface area contributed by atoms with E-state index in [-0.39, 0.29) is 11.8 Å². The number of benzene rings is 1. The molecule has 6 heteroatoms. The van der Waals surface area contributed by atoms with E-state index in [1.165, 1.54) is 0 Å². The molecule has 0 aliphatic carbocycles. The second kappa shape index (κ2) is 6.76. The van der Waals surface area contributed by atoms with Crippen LogP contribution in [0.25, 0.3) is 0 Å². The number of nitrogens with one attached hydrogen (secondary N) is 1. The maximum atomic E-state index is 9.88. The summed E-state index contributed by atoms with van der Waals surface area (Å²) in [5.74, 6) is 1.73. The Kier molecular flexibility index (Phi) is 4.73. The molecule has 0 spiro atoms. The van der Waals surface area contributed by atoms with Crippen LogP contribution in [0.3, 0.4) is 0 Å². The van der Waals surface area contributed by atoms with Gasteiger partial charge in [-0.1, -0.05) is 15.9 Å². The highest BCUT2D eigenvalue weighted by molar-refractivity contribution is 9.10. The van der Waals surface area contributed by atoms with E-state index in [0.717, 1.165) is 27.2 Å². The van der Waals surface area contributed by atoms with Crippen LogP contribution in [0, 0.1) is 6.92 Å². The highest BCUT2D eigenvalue weighted by Crippen LogP contribution is 2.37. The third kappa shape index (κ3) is 3.59. The molecule has 1 aliphatic heterocycles. The zero-order valence-electron chi connectivity index (χ0n) is 13.1. The minimum Gasteiger partial charge on any atom is -0.506 e. The van der Waals surface area contributed by atoms with E-state index in [4.69, 9.17) is 9.47 Å². The van der Waals surface area contributed by atoms with Crippen molar-refractivity contribution in [3.63, 3.8) is 0 Å². The predicted molar refractivity (Wildman–Crippen MR) is 91.0 cm³/mol. The summed E-state index contributed by atoms with van der Waals surface area (Å²) in [4.78, 5) is 4.36. The van der Waals surface area contributed by atoms with E-state index < -0.39 is 0 Å². The van der Waals surface area contributed by atoms with E-state index in [2.05, 4.69) is 33.2 Å². The lowest BCUT2D eigenvalue weighted by Crippen LogP contribution is -2.20. The lowest BCUT2D eigenvalue weighted by molar-refractivity contribution is 0.171. The number of nitrogens with zero attached hydrogens (tertiary/aromatic N) is 1. The largest absolute Gasteiger partial charge is 0.506 e. The van der Waals surface area contributed by atoms with Crippen molar-refractivity contribution in [3.8, 4) is 17.2 Å². The van der Waals surface area contributed by atoms with Gasteiger partial charge in [-0.15, -0.1) is 0 Å². The number of fused-ring (bicyclic) bond motifs is 1. The molecular weight excluding hydrogens is 360 g/mol. The Bertz CT molecular complexity index is 721. The first kappa shape index (κ1) is 16.1. The van der Waals surface area contributed by atoms with Gasteiger partial charge in [-0.2, -0.15) is 0 Å². The second-order valence-electron chi connectivity index (χ2n) is 5.54. The number of aromatic nitrogens is 1. The summed E-state index contributed by atoms with van der Waals surface area (Å²) in [5.41, 5.74) is 2.60. The maximum Gasteiger partial charge on any atom is 0.162 e. The van der Waals surface area contributed by atoms with E-state index in [9.17, 15) is 5.11 Å². The van der Waals surface area contributed by atoms with E-state index in [1.807, 2.05) is 19.1 Å². The van der Waals surface area contributed by atoms with Crippen LogP contribution < -0.4 is 14.8 Å². The number of hydrogen-bond acceptors (Lipinski definition) is 5. The van der Waals surface area contributed by atoms with Gasteiger partial charge < -0.3 is 19.9 Å². The second-order valence-corrected chi connectivity index (χ2v) is 6.39. The van der Waals surface area contributed by atoms with Crippen molar-refractivity contribution >= 4 is 15.9 Å². The topological polar surface area (TPSA) is 63.6 Å². The van der Waals surface area contributed by atoms with E-state index in [1.54, 1.807) is 12.1 Å². The normalized spacial score (nSPS) is 14.6. The summed E-state index contributed by atoms with van der Waals surface area (Å²) >= 11 is 3.59. The number of rotatable bonds is 4. The molecule has 1 aromatic heterocycles. The van der Waals surface area contributed by atoms with Gasteiger partial charge in [-0.25, -0.2) is 0 Å². The molecule has 2 heterocycles. The van der Waals surface area contributed by atoms with Crippen LogP contribution in [0.5, 0.6) is 17.2 Å². The molecule has 122 valence electrons. The number of aryl methyl sites for hydroxylation is 1. The average molecular weight is 379 g/mol. The molecule has 0 fully saturated rings. The Morgan fingerprint density at radius 1 is 1.26 bits per heavy atom. The van der Waals surface area contributed by atoms with Gasteiger partial charge in [-0.05, 0) is 43.7 Å². The highest BCUT2D eigenvalue weighted by Gasteiger charge is 2.18. The van der Waals surface area contributed by atoms with E-state index in [0.29, 0.717) is 25.5 Å². The summed E-state index contributed by atoms with van der Waals surface area (Å²) < 4.78 is 12.2. The van der Waals surface area contributed by atoms with Crippen molar-refractivity contribution < 1.29 is 14.6 Å². The number of halogens is 1. The van der Waals surface area contributed by atoms with Gasteiger partial charge in [0.25, 0.3) is 0 Å². The summed E-state index contributed by atoms with van der Waals surface area (Å²) in [6, 6.07) is 7.44. The first-order valence-corrected chi connectivity index (χ1v) is 8.32. The smallest absolute Gasteiger partial charge is 0.162 e. The summed E-state index contributed by atoms with van der Waals surface area (Å²) in [6.07, 6.45) is 0. The standard InChI is InChI=1S/C17H19BrN2O3/c1-10-3-4-15(21)14(20-10)9-19-11(2)12-7-16-17(8-13(12)18)23-6-5-22-16/h3-4,7-8,11,19,21H,5-6,9H2,1-2H3. The molecule has 3 rings (SSSR count). The van der Waals surface area contributed by atoms with Crippen LogP contribution >= 0.6 is 15.9 Å². The summed E-state index contributed by atoms with van der Waals surface area (Å²) in [7, 11) is 0. The number of aromatic hydroxyl groups is 1. The monoisotopic (exact) mass is 378 g/mol. The first-order chi connectivity index (χ1) is 11.0. The maximum absolute atomic E-state index is 9.88. The highest BCUT2D eigenvalue weighted by atomic mass is 79.9. The average Bonchev–Trinajstić information content (AvgIpc) is 2.54. The molecule has 23 heavy (non-hydrogen) atoms. The van der Waals surface area contributed by atoms with Gasteiger partial charge in [0.2, 0.25) is 0 Å². The van der Waals surface area contributed by atoms with Crippen molar-refractivity contribution in [2.45, 2.75) is 26.4 Å². The van der Waals surface area contributed by atoms with Crippen LogP contribution in [-0.4, -0.2) is 23.3 Å². The molecule has 0 saturated heterocycles.